The van der Waals surface area contributed by atoms with Crippen molar-refractivity contribution in [1.29, 1.82) is 0 Å². The van der Waals surface area contributed by atoms with Gasteiger partial charge >= 0.3 is 0 Å². The lowest BCUT2D eigenvalue weighted by Crippen LogP contribution is -2.40. The summed E-state index contributed by atoms with van der Waals surface area (Å²) >= 11 is 0. The number of fused-ring (bicyclic) bond motifs is 4. The molecule has 3 aliphatic rings. The van der Waals surface area contributed by atoms with Crippen LogP contribution in [0.5, 0.6) is 0 Å². The molecule has 9 aromatic rings. The van der Waals surface area contributed by atoms with Crippen LogP contribution in [0.1, 0.15) is 61.2 Å². The van der Waals surface area contributed by atoms with Crippen molar-refractivity contribution in [2.45, 2.75) is 45.6 Å². The lowest BCUT2D eigenvalue weighted by molar-refractivity contribution is 0.608. The predicted molar refractivity (Wildman–Crippen MR) is 290 cm³/mol. The quantitative estimate of drug-likeness (QED) is 0.145. The zero-order valence-corrected chi connectivity index (χ0v) is 39.3. The molecule has 4 heteroatoms. The molecule has 2 aliphatic carbocycles. The lowest BCUT2D eigenvalue weighted by atomic mass is 9.80. The molecule has 7 aromatic carbocycles. The summed E-state index contributed by atoms with van der Waals surface area (Å²) in [5, 5.41) is 1.27. The van der Waals surface area contributed by atoms with Gasteiger partial charge < -0.3 is 9.47 Å². The van der Waals surface area contributed by atoms with E-state index in [2.05, 4.69) is 237 Å². The van der Waals surface area contributed by atoms with Gasteiger partial charge in [0.2, 0.25) is 0 Å². The topological polar surface area (TPSA) is 34.0 Å². The first kappa shape index (κ1) is 42.0. The van der Waals surface area contributed by atoms with Crippen LogP contribution in [0.2, 0.25) is 0 Å². The summed E-state index contributed by atoms with van der Waals surface area (Å²) in [5.74, 6) is 0.735. The molecule has 332 valence electrons. The van der Waals surface area contributed by atoms with E-state index in [1.165, 1.54) is 66.9 Å². The number of para-hydroxylation sites is 2. The van der Waals surface area contributed by atoms with Crippen molar-refractivity contribution in [2.75, 3.05) is 4.90 Å². The molecule has 0 radical (unpaired) electrons. The molecule has 0 saturated carbocycles. The van der Waals surface area contributed by atoms with E-state index in [0.29, 0.717) is 0 Å². The van der Waals surface area contributed by atoms with E-state index >= 15 is 0 Å². The van der Waals surface area contributed by atoms with Gasteiger partial charge in [-0.1, -0.05) is 152 Å². The Balaban J connectivity index is 0.849. The molecule has 1 unspecified atom stereocenters. The molecule has 0 bridgehead atoms. The summed E-state index contributed by atoms with van der Waals surface area (Å²) in [7, 11) is 0. The minimum atomic E-state index is -0.170. The lowest BCUT2D eigenvalue weighted by Gasteiger charge is -2.39. The standard InChI is InChI=1S/C65H52N4/c1-4-18-61-44(2)57-41-51(52-37-38-65(3)58(42-52)56-29-14-15-30-63(56)69(65)55-27-12-7-13-28-55)33-36-62(57)68(61)54-34-31-45(32-35-54)48-23-16-24-49(39-48)50-25-17-26-53(40-50)60-43-59(46-19-8-5-9-20-46)66-64(67-60)47-21-10-6-11-22-47/h4,6-8,10-37,39-43H,5,9,38H2,1-3H3/b18-4-. The van der Waals surface area contributed by atoms with Crippen LogP contribution >= 0.6 is 0 Å². The van der Waals surface area contributed by atoms with Crippen LogP contribution in [0.3, 0.4) is 0 Å². The van der Waals surface area contributed by atoms with Gasteiger partial charge in [0, 0.05) is 44.8 Å². The maximum atomic E-state index is 5.12. The van der Waals surface area contributed by atoms with E-state index in [4.69, 9.17) is 9.97 Å². The molecule has 1 aliphatic heterocycles. The van der Waals surface area contributed by atoms with E-state index in [9.17, 15) is 0 Å². The first-order valence-electron chi connectivity index (χ1n) is 24.2. The van der Waals surface area contributed by atoms with Gasteiger partial charge in [-0.3, -0.25) is 0 Å². The number of aromatic nitrogens is 3. The van der Waals surface area contributed by atoms with Crippen LogP contribution in [0.4, 0.5) is 11.4 Å². The summed E-state index contributed by atoms with van der Waals surface area (Å²) < 4.78 is 2.42. The maximum absolute atomic E-state index is 5.12. The fourth-order valence-corrected chi connectivity index (χ4v) is 10.8. The minimum absolute atomic E-state index is 0.170. The average molecular weight is 889 g/mol. The van der Waals surface area contributed by atoms with Gasteiger partial charge in [0.15, 0.2) is 5.82 Å². The highest BCUT2D eigenvalue weighted by atomic mass is 15.2. The second-order valence-electron chi connectivity index (χ2n) is 18.6. The molecule has 3 heterocycles. The van der Waals surface area contributed by atoms with Gasteiger partial charge in [-0.15, -0.1) is 0 Å². The van der Waals surface area contributed by atoms with Gasteiger partial charge in [-0.2, -0.15) is 0 Å². The zero-order valence-electron chi connectivity index (χ0n) is 39.3. The number of aryl methyl sites for hydroxylation is 1. The summed E-state index contributed by atoms with van der Waals surface area (Å²) in [4.78, 5) is 12.7. The number of nitrogens with zero attached hydrogens (tertiary/aromatic N) is 4. The van der Waals surface area contributed by atoms with Crippen LogP contribution in [0.15, 0.2) is 218 Å². The highest BCUT2D eigenvalue weighted by Gasteiger charge is 2.45. The maximum Gasteiger partial charge on any atom is 0.160 e. The Morgan fingerprint density at radius 2 is 1.22 bits per heavy atom. The average Bonchev–Trinajstić information content (AvgIpc) is 3.85. The van der Waals surface area contributed by atoms with Crippen LogP contribution < -0.4 is 4.90 Å². The van der Waals surface area contributed by atoms with Crippen LogP contribution in [-0.4, -0.2) is 20.1 Å². The second-order valence-corrected chi connectivity index (χ2v) is 18.6. The highest BCUT2D eigenvalue weighted by Crippen LogP contribution is 2.55. The monoisotopic (exact) mass is 888 g/mol. The van der Waals surface area contributed by atoms with Crippen molar-refractivity contribution in [1.82, 2.24) is 14.5 Å². The number of allylic oxidation sites excluding steroid dienone is 7. The number of hydrogen-bond acceptors (Lipinski definition) is 3. The fourth-order valence-electron chi connectivity index (χ4n) is 10.8. The van der Waals surface area contributed by atoms with Gasteiger partial charge in [0.1, 0.15) is 0 Å². The molecule has 69 heavy (non-hydrogen) atoms. The van der Waals surface area contributed by atoms with Gasteiger partial charge in [-0.25, -0.2) is 9.97 Å². The summed E-state index contributed by atoms with van der Waals surface area (Å²) in [6.45, 7) is 6.76. The molecule has 12 rings (SSSR count). The first-order chi connectivity index (χ1) is 33.9. The van der Waals surface area contributed by atoms with Crippen molar-refractivity contribution in [3.05, 3.63) is 247 Å². The van der Waals surface area contributed by atoms with Crippen molar-refractivity contribution < 1.29 is 0 Å². The molecule has 4 nitrogen and oxygen atoms in total. The molecule has 2 aromatic heterocycles. The molecular formula is C65H52N4. The van der Waals surface area contributed by atoms with Crippen LogP contribution in [-0.2, 0) is 0 Å². The van der Waals surface area contributed by atoms with Gasteiger partial charge in [0.05, 0.1) is 22.4 Å². The Morgan fingerprint density at radius 1 is 0.551 bits per heavy atom. The second kappa shape index (κ2) is 17.4. The van der Waals surface area contributed by atoms with Crippen LogP contribution in [0, 0.1) is 6.92 Å². The third-order valence-corrected chi connectivity index (χ3v) is 14.3. The summed E-state index contributed by atoms with van der Waals surface area (Å²) in [6.07, 6.45) is 19.0. The van der Waals surface area contributed by atoms with E-state index in [1.54, 1.807) is 0 Å². The Hall–Kier alpha value is -8.34. The summed E-state index contributed by atoms with van der Waals surface area (Å²) in [6, 6.07) is 65.8. The van der Waals surface area contributed by atoms with Crippen molar-refractivity contribution in [3.63, 3.8) is 0 Å². The molecule has 0 spiro atoms. The number of benzene rings is 7. The molecule has 1 atom stereocenters. The number of rotatable bonds is 9. The molecule has 0 amide bonds. The highest BCUT2D eigenvalue weighted by molar-refractivity contribution is 6.02. The van der Waals surface area contributed by atoms with E-state index in [-0.39, 0.29) is 5.54 Å². The van der Waals surface area contributed by atoms with Gasteiger partial charge in [0.25, 0.3) is 0 Å². The summed E-state index contributed by atoms with van der Waals surface area (Å²) in [5.41, 5.74) is 22.1. The third kappa shape index (κ3) is 7.50. The van der Waals surface area contributed by atoms with E-state index in [1.807, 2.05) is 18.2 Å². The minimum Gasteiger partial charge on any atom is -0.331 e. The van der Waals surface area contributed by atoms with E-state index < -0.39 is 0 Å². The fraction of sp³-hybridized carbons (Fsp3) is 0.108. The predicted octanol–water partition coefficient (Wildman–Crippen LogP) is 16.9. The number of hydrogen-bond donors (Lipinski definition) is 0. The first-order valence-corrected chi connectivity index (χ1v) is 24.2. The SMILES string of the molecule is C/C=C\c1c(C)c2cc(C3=CCC4(C)C(=C3)c3ccccc3N4c3ccccc3)ccc2n1-c1ccc(-c2cccc(-c3cccc(-c4cc(C5=CCCC=C5)nc(-c5ccccc5)n4)c3)c2)cc1. The van der Waals surface area contributed by atoms with Gasteiger partial charge in [-0.05, 0) is 163 Å². The third-order valence-electron chi connectivity index (χ3n) is 14.3. The zero-order chi connectivity index (χ0) is 46.5. The Labute approximate surface area is 405 Å². The van der Waals surface area contributed by atoms with E-state index in [0.717, 1.165) is 70.0 Å². The van der Waals surface area contributed by atoms with Crippen molar-refractivity contribution in [2.24, 2.45) is 0 Å². The molecule has 0 N–H and O–H groups in total. The smallest absolute Gasteiger partial charge is 0.160 e. The van der Waals surface area contributed by atoms with Crippen LogP contribution in [0.25, 0.3) is 84.3 Å². The molecular weight excluding hydrogens is 837 g/mol. The Bertz CT molecular complexity index is 3600. The molecule has 0 fully saturated rings. The van der Waals surface area contributed by atoms with Crippen molar-refractivity contribution in [3.8, 4) is 50.6 Å². The largest absolute Gasteiger partial charge is 0.331 e. The Kier molecular flexibility index (Phi) is 10.6. The molecule has 0 saturated heterocycles. The number of anilines is 2. The normalized spacial score (nSPS) is 16.3. The van der Waals surface area contributed by atoms with Crippen molar-refractivity contribution >= 4 is 45.1 Å². The Morgan fingerprint density at radius 3 is 1.97 bits per heavy atom.